The van der Waals surface area contributed by atoms with E-state index in [1.807, 2.05) is 0 Å². The van der Waals surface area contributed by atoms with Gasteiger partial charge in [-0.15, -0.1) is 0 Å². The molecule has 352 valence electrons. The van der Waals surface area contributed by atoms with Crippen molar-refractivity contribution in [1.82, 2.24) is 29.9 Å². The Balaban J connectivity index is 1.32. The van der Waals surface area contributed by atoms with E-state index >= 15 is 8.78 Å². The van der Waals surface area contributed by atoms with Gasteiger partial charge in [-0.2, -0.15) is 32.1 Å². The maximum Gasteiger partial charge on any atom is 0.435 e. The second-order valence-corrected chi connectivity index (χ2v) is 22.0. The number of carbonyl (C=O) groups excluding carboxylic acids is 1. The monoisotopic (exact) mass is 989 g/mol. The molecule has 2 aromatic carbocycles. The van der Waals surface area contributed by atoms with E-state index in [0.717, 1.165) is 16.8 Å². The van der Waals surface area contributed by atoms with Crippen LogP contribution >= 0.6 is 11.6 Å². The Bertz CT molecular complexity index is 3090. The average molecular weight is 990 g/mol. The summed E-state index contributed by atoms with van der Waals surface area (Å²) in [6, 6.07) is 5.96. The molecule has 0 bridgehead atoms. The molecule has 66 heavy (non-hydrogen) atoms. The van der Waals surface area contributed by atoms with Crippen LogP contribution in [0.1, 0.15) is 85.9 Å². The Morgan fingerprint density at radius 3 is 2.27 bits per heavy atom. The molecule has 1 amide bonds. The molecule has 0 spiro atoms. The second kappa shape index (κ2) is 16.5. The molecule has 0 unspecified atom stereocenters. The molecule has 0 saturated heterocycles. The summed E-state index contributed by atoms with van der Waals surface area (Å²) >= 11 is 6.58. The van der Waals surface area contributed by atoms with Gasteiger partial charge in [0.2, 0.25) is 15.9 Å². The van der Waals surface area contributed by atoms with Crippen LogP contribution < -0.4 is 10.0 Å². The minimum Gasteiger partial charge on any atom is -0.346 e. The molecule has 2 N–H and O–H groups in total. The van der Waals surface area contributed by atoms with Gasteiger partial charge in [0, 0.05) is 28.7 Å². The Labute approximate surface area is 376 Å². The average Bonchev–Trinajstić information content (AvgIpc) is 4.13. The SMILES string of the molecule is CCS(=O)(=O)Nc1nn(CC(F)F)c2c(-c3ccc(C#CC(C)(C)S(=O)(=O)C4CC4)nc3[C@H](Cc3cc(F)cc(F)c3)NC(=O)Cn3nc(C(F)(F)F)c4c3C(F)(F)[C@@H]3C[C@H]43)ccc(Cl)c12. The topological polar surface area (TPSA) is 158 Å². The van der Waals surface area contributed by atoms with Crippen LogP contribution in [-0.4, -0.2) is 69.5 Å². The standard InChI is InChI=1S/C42H37ClF9N7O5S2/c1-4-65(61,62)57-39-34-29(43)10-9-26(36(34)58(56-39)18-31(46)47)25-8-5-23(11-12-40(2,3)66(63,64)24-6-7-24)53-35(25)30(15-20-13-21(44)16-22(45)14-20)54-32(60)19-59-38-33(37(55-59)42(50,51)52)27-17-28(27)41(38,48)49/h5,8-10,13-14,16,24,27-28,30-31H,4,6-7,15,17-19H2,1-3H3,(H,54,60)(H,56,57)/t27-,28+,30-/m0/s1. The van der Waals surface area contributed by atoms with Gasteiger partial charge in [0.05, 0.1) is 38.7 Å². The molecule has 2 saturated carbocycles. The molecular formula is C42H37ClF9N7O5S2. The van der Waals surface area contributed by atoms with Crippen molar-refractivity contribution in [3.63, 3.8) is 0 Å². The van der Waals surface area contributed by atoms with Crippen molar-refractivity contribution in [3.05, 3.63) is 93.0 Å². The fourth-order valence-corrected chi connectivity index (χ4v) is 10.9. The number of aromatic nitrogens is 5. The largest absolute Gasteiger partial charge is 0.435 e. The van der Waals surface area contributed by atoms with Crippen molar-refractivity contribution in [1.29, 1.82) is 0 Å². The first-order valence-electron chi connectivity index (χ1n) is 20.3. The molecule has 24 heteroatoms. The molecule has 3 aliphatic carbocycles. The Hall–Kier alpha value is -5.34. The number of hydrogen-bond donors (Lipinski definition) is 2. The molecule has 0 aliphatic heterocycles. The minimum absolute atomic E-state index is 0.0357. The second-order valence-electron chi connectivity index (χ2n) is 16.8. The van der Waals surface area contributed by atoms with Crippen LogP contribution in [0.4, 0.5) is 45.3 Å². The number of benzene rings is 2. The van der Waals surface area contributed by atoms with E-state index in [4.69, 9.17) is 11.6 Å². The lowest BCUT2D eigenvalue weighted by Crippen LogP contribution is -2.35. The highest BCUT2D eigenvalue weighted by molar-refractivity contribution is 7.94. The van der Waals surface area contributed by atoms with Crippen LogP contribution in [0.2, 0.25) is 5.02 Å². The van der Waals surface area contributed by atoms with E-state index in [1.54, 1.807) is 0 Å². The number of alkyl halides is 7. The van der Waals surface area contributed by atoms with Crippen molar-refractivity contribution >= 4 is 54.1 Å². The maximum absolute atomic E-state index is 15.5. The lowest BCUT2D eigenvalue weighted by Gasteiger charge is -2.23. The molecule has 3 heterocycles. The first kappa shape index (κ1) is 47.2. The van der Waals surface area contributed by atoms with Crippen LogP contribution in [0.15, 0.2) is 42.5 Å². The fourth-order valence-electron chi connectivity index (χ4n) is 8.32. The molecule has 3 aliphatic rings. The third kappa shape index (κ3) is 8.82. The molecule has 2 fully saturated rings. The third-order valence-electron chi connectivity index (χ3n) is 11.7. The fraction of sp³-hybridized carbons (Fsp3) is 0.429. The van der Waals surface area contributed by atoms with Gasteiger partial charge in [-0.1, -0.05) is 23.6 Å². The number of sulfonamides is 1. The van der Waals surface area contributed by atoms with E-state index in [-0.39, 0.29) is 55.1 Å². The summed E-state index contributed by atoms with van der Waals surface area (Å²) in [6.07, 6.45) is -8.15. The quantitative estimate of drug-likeness (QED) is 0.0832. The number of halogens is 10. The van der Waals surface area contributed by atoms with Crippen LogP contribution in [0.3, 0.4) is 0 Å². The van der Waals surface area contributed by atoms with Gasteiger partial charge in [-0.25, -0.2) is 39.4 Å². The normalized spacial score (nSPS) is 18.5. The predicted molar refractivity (Wildman–Crippen MR) is 223 cm³/mol. The summed E-state index contributed by atoms with van der Waals surface area (Å²) < 4.78 is 185. The molecule has 8 rings (SSSR count). The van der Waals surface area contributed by atoms with Crippen molar-refractivity contribution < 1.29 is 61.1 Å². The molecular weight excluding hydrogens is 953 g/mol. The van der Waals surface area contributed by atoms with Crippen molar-refractivity contribution in [2.75, 3.05) is 10.5 Å². The van der Waals surface area contributed by atoms with Crippen LogP contribution in [0, 0.1) is 29.4 Å². The summed E-state index contributed by atoms with van der Waals surface area (Å²) in [7, 11) is -7.88. The minimum atomic E-state index is -5.16. The lowest BCUT2D eigenvalue weighted by molar-refractivity contribution is -0.142. The van der Waals surface area contributed by atoms with Crippen molar-refractivity contribution in [2.45, 2.75) is 100 Å². The highest BCUT2D eigenvalue weighted by Crippen LogP contribution is 2.68. The summed E-state index contributed by atoms with van der Waals surface area (Å²) in [6.45, 7) is 1.74. The Morgan fingerprint density at radius 2 is 1.65 bits per heavy atom. The van der Waals surface area contributed by atoms with Crippen molar-refractivity contribution in [3.8, 4) is 23.0 Å². The number of rotatable bonds is 14. The first-order valence-corrected chi connectivity index (χ1v) is 23.9. The van der Waals surface area contributed by atoms with E-state index in [9.17, 15) is 52.4 Å². The first-order chi connectivity index (χ1) is 30.7. The smallest absolute Gasteiger partial charge is 0.346 e. The van der Waals surface area contributed by atoms with Crippen LogP contribution in [0.25, 0.3) is 22.0 Å². The summed E-state index contributed by atoms with van der Waals surface area (Å²) in [5.41, 5.74) is -4.21. The van der Waals surface area contributed by atoms with E-state index < -0.39 is 132 Å². The molecule has 3 aromatic heterocycles. The Morgan fingerprint density at radius 1 is 0.985 bits per heavy atom. The van der Waals surface area contributed by atoms with Crippen molar-refractivity contribution in [2.24, 2.45) is 5.92 Å². The number of sulfone groups is 1. The number of hydrogen-bond acceptors (Lipinski definition) is 8. The van der Waals surface area contributed by atoms with Gasteiger partial charge in [-0.05, 0) is 94.2 Å². The number of amides is 1. The van der Waals surface area contributed by atoms with E-state index in [0.29, 0.717) is 18.9 Å². The van der Waals surface area contributed by atoms with Crippen LogP contribution in [-0.2, 0) is 56.3 Å². The summed E-state index contributed by atoms with van der Waals surface area (Å²) in [4.78, 5) is 18.7. The number of carbonyl (C=O) groups is 1. The van der Waals surface area contributed by atoms with E-state index in [1.165, 1.54) is 45.0 Å². The maximum atomic E-state index is 15.5. The number of nitrogens with one attached hydrogen (secondary N) is 2. The third-order valence-corrected chi connectivity index (χ3v) is 16.1. The summed E-state index contributed by atoms with van der Waals surface area (Å²) in [5.74, 6) is -5.16. The number of anilines is 1. The van der Waals surface area contributed by atoms with E-state index in [2.05, 4.69) is 37.1 Å². The van der Waals surface area contributed by atoms with Crippen LogP contribution in [0.5, 0.6) is 0 Å². The zero-order valence-corrected chi connectivity index (χ0v) is 37.1. The molecule has 5 aromatic rings. The predicted octanol–water partition coefficient (Wildman–Crippen LogP) is 8.29. The Kier molecular flexibility index (Phi) is 11.8. The molecule has 12 nitrogen and oxygen atoms in total. The molecule has 3 atom stereocenters. The zero-order chi connectivity index (χ0) is 48.1. The molecule has 0 radical (unpaired) electrons. The van der Waals surface area contributed by atoms with Gasteiger partial charge >= 0.3 is 6.18 Å². The summed E-state index contributed by atoms with van der Waals surface area (Å²) in [5, 5.41) is 9.12. The zero-order valence-electron chi connectivity index (χ0n) is 34.8. The van der Waals surface area contributed by atoms with Gasteiger partial charge in [0.1, 0.15) is 40.9 Å². The van der Waals surface area contributed by atoms with Gasteiger partial charge in [-0.3, -0.25) is 18.9 Å². The van der Waals surface area contributed by atoms with Gasteiger partial charge < -0.3 is 5.32 Å². The lowest BCUT2D eigenvalue weighted by atomic mass is 9.93. The number of fused-ring (bicyclic) bond motifs is 4. The van der Waals surface area contributed by atoms with Gasteiger partial charge in [0.25, 0.3) is 12.3 Å². The number of nitrogens with zero attached hydrogens (tertiary/aromatic N) is 5. The van der Waals surface area contributed by atoms with Gasteiger partial charge in [0.15, 0.2) is 21.3 Å². The highest BCUT2D eigenvalue weighted by Gasteiger charge is 2.68. The highest BCUT2D eigenvalue weighted by atomic mass is 35.5. The number of pyridine rings is 1.